The van der Waals surface area contributed by atoms with Gasteiger partial charge in [0.25, 0.3) is 5.91 Å². The minimum absolute atomic E-state index is 0.0528. The molecule has 1 fully saturated rings. The minimum Gasteiger partial charge on any atom is -0.461 e. The molecule has 1 aliphatic heterocycles. The van der Waals surface area contributed by atoms with Gasteiger partial charge >= 0.3 is 0 Å². The van der Waals surface area contributed by atoms with Crippen LogP contribution in [-0.4, -0.2) is 23.3 Å². The number of furan rings is 1. The lowest BCUT2D eigenvalue weighted by Crippen LogP contribution is -2.35. The maximum Gasteiger partial charge on any atom is 0.254 e. The largest absolute Gasteiger partial charge is 0.461 e. The van der Waals surface area contributed by atoms with Crippen molar-refractivity contribution in [3.63, 3.8) is 0 Å². The third kappa shape index (κ3) is 4.33. The van der Waals surface area contributed by atoms with Crippen LogP contribution in [0.25, 0.3) is 11.3 Å². The van der Waals surface area contributed by atoms with Crippen LogP contribution in [0, 0.1) is 5.92 Å². The van der Waals surface area contributed by atoms with E-state index in [9.17, 15) is 9.59 Å². The molecule has 0 bridgehead atoms. The number of nitrogens with one attached hydrogen (secondary N) is 1. The molecule has 2 heterocycles. The number of amides is 2. The first-order chi connectivity index (χ1) is 15.7. The van der Waals surface area contributed by atoms with Crippen molar-refractivity contribution < 1.29 is 14.0 Å². The molecule has 2 aliphatic rings. The van der Waals surface area contributed by atoms with E-state index in [4.69, 9.17) is 4.42 Å². The van der Waals surface area contributed by atoms with E-state index in [1.165, 1.54) is 6.42 Å². The second-order valence-electron chi connectivity index (χ2n) is 8.80. The zero-order chi connectivity index (χ0) is 21.9. The summed E-state index contributed by atoms with van der Waals surface area (Å²) in [6.45, 7) is 1.21. The molecule has 0 spiro atoms. The third-order valence-corrected chi connectivity index (χ3v) is 6.59. The van der Waals surface area contributed by atoms with Crippen molar-refractivity contribution in [3.05, 3.63) is 77.6 Å². The van der Waals surface area contributed by atoms with Crippen LogP contribution in [0.5, 0.6) is 0 Å². The van der Waals surface area contributed by atoms with Crippen LogP contribution in [0.3, 0.4) is 0 Å². The first-order valence-electron chi connectivity index (χ1n) is 11.5. The van der Waals surface area contributed by atoms with Gasteiger partial charge in [-0.05, 0) is 55.3 Å². The van der Waals surface area contributed by atoms with E-state index in [2.05, 4.69) is 5.32 Å². The molecular formula is C27H28N2O3. The van der Waals surface area contributed by atoms with Crippen LogP contribution < -0.4 is 5.32 Å². The number of hydrogen-bond donors (Lipinski definition) is 1. The van der Waals surface area contributed by atoms with E-state index >= 15 is 0 Å². The molecule has 5 rings (SSSR count). The van der Waals surface area contributed by atoms with Crippen LogP contribution in [-0.2, 0) is 17.8 Å². The Morgan fingerprint density at radius 3 is 2.44 bits per heavy atom. The molecule has 3 aromatic rings. The average molecular weight is 429 g/mol. The first-order valence-corrected chi connectivity index (χ1v) is 11.5. The summed E-state index contributed by atoms with van der Waals surface area (Å²) < 4.78 is 6.12. The quantitative estimate of drug-likeness (QED) is 0.583. The Balaban J connectivity index is 1.25. The summed E-state index contributed by atoms with van der Waals surface area (Å²) in [5, 5.41) is 3.06. The van der Waals surface area contributed by atoms with E-state index < -0.39 is 0 Å². The second-order valence-corrected chi connectivity index (χ2v) is 8.80. The fourth-order valence-corrected chi connectivity index (χ4v) is 4.74. The molecule has 2 amide bonds. The lowest BCUT2D eigenvalue weighted by molar-refractivity contribution is -0.120. The summed E-state index contributed by atoms with van der Waals surface area (Å²) in [7, 11) is 0. The molecule has 32 heavy (non-hydrogen) atoms. The van der Waals surface area contributed by atoms with Crippen LogP contribution in [0.15, 0.2) is 65.1 Å². The van der Waals surface area contributed by atoms with E-state index in [0.29, 0.717) is 25.1 Å². The van der Waals surface area contributed by atoms with Crippen LogP contribution in [0.4, 0.5) is 5.69 Å². The number of fused-ring (bicyclic) bond motifs is 1. The van der Waals surface area contributed by atoms with Crippen LogP contribution in [0.1, 0.15) is 53.8 Å². The number of rotatable bonds is 4. The molecule has 0 saturated heterocycles. The average Bonchev–Trinajstić information content (AvgIpc) is 3.28. The van der Waals surface area contributed by atoms with E-state index in [0.717, 1.165) is 54.0 Å². The first kappa shape index (κ1) is 20.6. The van der Waals surface area contributed by atoms with Gasteiger partial charge in [0.05, 0.1) is 0 Å². The summed E-state index contributed by atoms with van der Waals surface area (Å²) in [5.74, 6) is 2.08. The lowest BCUT2D eigenvalue weighted by atomic mass is 9.88. The topological polar surface area (TPSA) is 62.6 Å². The molecule has 1 aliphatic carbocycles. The van der Waals surface area contributed by atoms with Gasteiger partial charge in [-0.3, -0.25) is 9.59 Å². The highest BCUT2D eigenvalue weighted by Gasteiger charge is 2.25. The Bertz CT molecular complexity index is 1100. The maximum absolute atomic E-state index is 12.8. The zero-order valence-corrected chi connectivity index (χ0v) is 18.2. The van der Waals surface area contributed by atoms with E-state index in [1.54, 1.807) is 0 Å². The SMILES string of the molecule is O=C(Nc1ccc(-c2cc3c(o2)CCN(C(=O)c2ccccc2)C3)cc1)C1CCCCC1. The van der Waals surface area contributed by atoms with Crippen molar-refractivity contribution in [2.75, 3.05) is 11.9 Å². The Labute approximate surface area is 188 Å². The van der Waals surface area contributed by atoms with Gasteiger partial charge in [-0.25, -0.2) is 0 Å². The number of benzene rings is 2. The molecule has 5 heteroatoms. The molecule has 1 N–H and O–H groups in total. The Kier molecular flexibility index (Phi) is 5.80. The van der Waals surface area contributed by atoms with Gasteiger partial charge in [-0.15, -0.1) is 0 Å². The number of carbonyl (C=O) groups is 2. The van der Waals surface area contributed by atoms with Gasteiger partial charge in [0.1, 0.15) is 11.5 Å². The van der Waals surface area contributed by atoms with Crippen molar-refractivity contribution >= 4 is 17.5 Å². The van der Waals surface area contributed by atoms with Gasteiger partial charge in [0, 0.05) is 47.8 Å². The van der Waals surface area contributed by atoms with Gasteiger partial charge in [0.15, 0.2) is 0 Å². The molecular weight excluding hydrogens is 400 g/mol. The predicted octanol–water partition coefficient (Wildman–Crippen LogP) is 5.66. The van der Waals surface area contributed by atoms with Crippen molar-refractivity contribution in [1.29, 1.82) is 0 Å². The fourth-order valence-electron chi connectivity index (χ4n) is 4.74. The molecule has 164 valence electrons. The number of hydrogen-bond acceptors (Lipinski definition) is 3. The highest BCUT2D eigenvalue weighted by atomic mass is 16.3. The van der Waals surface area contributed by atoms with Gasteiger partial charge in [0.2, 0.25) is 5.91 Å². The Morgan fingerprint density at radius 2 is 1.69 bits per heavy atom. The molecule has 1 aromatic heterocycles. The minimum atomic E-state index is 0.0528. The van der Waals surface area contributed by atoms with Gasteiger partial charge in [-0.2, -0.15) is 0 Å². The zero-order valence-electron chi connectivity index (χ0n) is 18.2. The molecule has 2 aromatic carbocycles. The van der Waals surface area contributed by atoms with Crippen molar-refractivity contribution in [3.8, 4) is 11.3 Å². The molecule has 0 unspecified atom stereocenters. The normalized spacial score (nSPS) is 16.4. The monoisotopic (exact) mass is 428 g/mol. The second kappa shape index (κ2) is 9.03. The number of carbonyl (C=O) groups excluding carboxylic acids is 2. The maximum atomic E-state index is 12.8. The van der Waals surface area contributed by atoms with E-state index in [-0.39, 0.29) is 17.7 Å². The fraction of sp³-hybridized carbons (Fsp3) is 0.333. The number of anilines is 1. The molecule has 5 nitrogen and oxygen atoms in total. The Hall–Kier alpha value is -3.34. The van der Waals surface area contributed by atoms with E-state index in [1.807, 2.05) is 65.6 Å². The predicted molar refractivity (Wildman–Crippen MR) is 124 cm³/mol. The van der Waals surface area contributed by atoms with Crippen molar-refractivity contribution in [2.24, 2.45) is 5.92 Å². The summed E-state index contributed by atoms with van der Waals surface area (Å²) >= 11 is 0. The standard InChI is InChI=1S/C27H28N2O3/c30-26(20-7-3-1-4-8-20)28-23-13-11-19(12-14-23)25-17-22-18-29(16-15-24(22)32-25)27(31)21-9-5-2-6-10-21/h2,5-6,9-14,17,20H,1,3-4,7-8,15-16,18H2,(H,28,30). The highest BCUT2D eigenvalue weighted by molar-refractivity contribution is 5.94. The molecule has 0 atom stereocenters. The van der Waals surface area contributed by atoms with Gasteiger partial charge < -0.3 is 14.6 Å². The van der Waals surface area contributed by atoms with Crippen molar-refractivity contribution in [2.45, 2.75) is 45.1 Å². The smallest absolute Gasteiger partial charge is 0.254 e. The summed E-state index contributed by atoms with van der Waals surface area (Å²) in [6.07, 6.45) is 6.23. The summed E-state index contributed by atoms with van der Waals surface area (Å²) in [5.41, 5.74) is 3.56. The third-order valence-electron chi connectivity index (χ3n) is 6.59. The molecule has 0 radical (unpaired) electrons. The highest BCUT2D eigenvalue weighted by Crippen LogP contribution is 2.31. The molecule has 1 saturated carbocycles. The van der Waals surface area contributed by atoms with Gasteiger partial charge in [-0.1, -0.05) is 37.5 Å². The Morgan fingerprint density at radius 1 is 0.938 bits per heavy atom. The number of nitrogens with zero attached hydrogens (tertiary/aromatic N) is 1. The lowest BCUT2D eigenvalue weighted by Gasteiger charge is -2.26. The van der Waals surface area contributed by atoms with Crippen molar-refractivity contribution in [1.82, 2.24) is 4.90 Å². The summed E-state index contributed by atoms with van der Waals surface area (Å²) in [6, 6.07) is 19.3. The van der Waals surface area contributed by atoms with Crippen LogP contribution >= 0.6 is 0 Å². The van der Waals surface area contributed by atoms with Crippen LogP contribution in [0.2, 0.25) is 0 Å². The summed E-state index contributed by atoms with van der Waals surface area (Å²) in [4.78, 5) is 27.1.